The van der Waals surface area contributed by atoms with Crippen molar-refractivity contribution in [3.8, 4) is 34.0 Å². The summed E-state index contributed by atoms with van der Waals surface area (Å²) in [4.78, 5) is 0. The molecule has 1 aromatic carbocycles. The van der Waals surface area contributed by atoms with Gasteiger partial charge in [-0.15, -0.1) is 10.2 Å². The normalized spacial score (nSPS) is 25.9. The fraction of sp³-hybridized carbons (Fsp3) is 0.381. The fourth-order valence-electron chi connectivity index (χ4n) is 4.25. The molecule has 4 heterocycles. The SMILES string of the molecule is Cn1cc(-c2ccc(-c3ccc(O[C@@H]4CC5CCC(N5)[C@@H]4F)nn3)c(O)c2)cn1. The summed E-state index contributed by atoms with van der Waals surface area (Å²) in [5, 5.41) is 26.2. The third kappa shape index (κ3) is 3.44. The number of aromatic nitrogens is 4. The highest BCUT2D eigenvalue weighted by molar-refractivity contribution is 5.73. The average molecular weight is 395 g/mol. The maximum absolute atomic E-state index is 14.5. The van der Waals surface area contributed by atoms with Gasteiger partial charge in [0.2, 0.25) is 5.88 Å². The van der Waals surface area contributed by atoms with Gasteiger partial charge in [0.05, 0.1) is 11.9 Å². The Morgan fingerprint density at radius 2 is 2.07 bits per heavy atom. The molecule has 0 saturated carbocycles. The summed E-state index contributed by atoms with van der Waals surface area (Å²) < 4.78 is 22.0. The molecule has 150 valence electrons. The smallest absolute Gasteiger partial charge is 0.233 e. The summed E-state index contributed by atoms with van der Waals surface area (Å²) in [6, 6.07) is 8.97. The number of fused-ring (bicyclic) bond motifs is 2. The number of rotatable bonds is 4. The first-order valence-corrected chi connectivity index (χ1v) is 9.80. The van der Waals surface area contributed by atoms with Crippen molar-refractivity contribution in [1.82, 2.24) is 25.3 Å². The van der Waals surface area contributed by atoms with Gasteiger partial charge in [-0.1, -0.05) is 6.07 Å². The number of aryl methyl sites for hydroxylation is 1. The van der Waals surface area contributed by atoms with Gasteiger partial charge in [0.25, 0.3) is 0 Å². The van der Waals surface area contributed by atoms with Crippen molar-refractivity contribution in [1.29, 1.82) is 0 Å². The minimum absolute atomic E-state index is 0.105. The molecule has 2 aliphatic heterocycles. The van der Waals surface area contributed by atoms with Gasteiger partial charge >= 0.3 is 0 Å². The minimum atomic E-state index is -1.04. The van der Waals surface area contributed by atoms with Crippen molar-refractivity contribution >= 4 is 0 Å². The van der Waals surface area contributed by atoms with Gasteiger partial charge in [-0.3, -0.25) is 4.68 Å². The first-order valence-electron chi connectivity index (χ1n) is 9.80. The molecule has 0 radical (unpaired) electrons. The number of phenolic OH excluding ortho intramolecular Hbond substituents is 1. The highest BCUT2D eigenvalue weighted by atomic mass is 19.1. The second kappa shape index (κ2) is 7.11. The van der Waals surface area contributed by atoms with E-state index in [0.717, 1.165) is 24.0 Å². The van der Waals surface area contributed by atoms with E-state index in [1.54, 1.807) is 35.1 Å². The number of benzene rings is 1. The van der Waals surface area contributed by atoms with Crippen LogP contribution >= 0.6 is 0 Å². The second-order valence-electron chi connectivity index (χ2n) is 7.78. The molecule has 29 heavy (non-hydrogen) atoms. The predicted octanol–water partition coefficient (Wildman–Crippen LogP) is 2.86. The van der Waals surface area contributed by atoms with Crippen molar-refractivity contribution in [2.45, 2.75) is 43.6 Å². The summed E-state index contributed by atoms with van der Waals surface area (Å²) in [5.74, 6) is 0.405. The Labute approximate surface area is 167 Å². The van der Waals surface area contributed by atoms with E-state index in [1.165, 1.54) is 0 Å². The summed E-state index contributed by atoms with van der Waals surface area (Å²) in [6.07, 6.45) is 4.56. The van der Waals surface area contributed by atoms with E-state index in [4.69, 9.17) is 4.74 Å². The zero-order chi connectivity index (χ0) is 20.0. The first-order chi connectivity index (χ1) is 14.1. The van der Waals surface area contributed by atoms with Crippen LogP contribution in [0.5, 0.6) is 11.6 Å². The van der Waals surface area contributed by atoms with Gasteiger partial charge in [-0.2, -0.15) is 5.10 Å². The lowest BCUT2D eigenvalue weighted by molar-refractivity contribution is 0.0422. The number of halogens is 1. The molecule has 2 unspecified atom stereocenters. The fourth-order valence-corrected chi connectivity index (χ4v) is 4.25. The number of hydrogen-bond donors (Lipinski definition) is 2. The third-order valence-electron chi connectivity index (χ3n) is 5.76. The Kier molecular flexibility index (Phi) is 4.43. The van der Waals surface area contributed by atoms with E-state index in [-0.39, 0.29) is 11.8 Å². The van der Waals surface area contributed by atoms with E-state index in [0.29, 0.717) is 29.6 Å². The predicted molar refractivity (Wildman–Crippen MR) is 105 cm³/mol. The minimum Gasteiger partial charge on any atom is -0.507 e. The van der Waals surface area contributed by atoms with Crippen LogP contribution in [0.4, 0.5) is 4.39 Å². The zero-order valence-corrected chi connectivity index (χ0v) is 16.0. The van der Waals surface area contributed by atoms with Crippen LogP contribution in [0.3, 0.4) is 0 Å². The summed E-state index contributed by atoms with van der Waals surface area (Å²) in [5.41, 5.74) is 2.87. The zero-order valence-electron chi connectivity index (χ0n) is 16.0. The van der Waals surface area contributed by atoms with Gasteiger partial charge in [0.1, 0.15) is 11.9 Å². The number of hydrogen-bond acceptors (Lipinski definition) is 6. The molecule has 3 aromatic rings. The number of nitrogens with one attached hydrogen (secondary N) is 1. The Hall–Kier alpha value is -3.00. The van der Waals surface area contributed by atoms with Gasteiger partial charge in [0.15, 0.2) is 6.17 Å². The number of alkyl halides is 1. The van der Waals surface area contributed by atoms with Crippen LogP contribution in [0.1, 0.15) is 19.3 Å². The largest absolute Gasteiger partial charge is 0.507 e. The van der Waals surface area contributed by atoms with Crippen molar-refractivity contribution in [2.75, 3.05) is 0 Å². The van der Waals surface area contributed by atoms with Crippen LogP contribution < -0.4 is 10.1 Å². The molecule has 0 spiro atoms. The standard InChI is InChI=1S/C21H22FN5O2/c1-27-11-13(10-23-27)12-2-4-15(18(28)8-12)16-6-7-20(26-25-16)29-19-9-14-3-5-17(24-14)21(19)22/h2,4,6-8,10-11,14,17,19,21,24,28H,3,5,9H2,1H3/t14?,17?,19-,21+/m1/s1. The molecule has 7 nitrogen and oxygen atoms in total. The van der Waals surface area contributed by atoms with Crippen LogP contribution in [0.15, 0.2) is 42.7 Å². The van der Waals surface area contributed by atoms with E-state index in [2.05, 4.69) is 20.6 Å². The number of aromatic hydroxyl groups is 1. The van der Waals surface area contributed by atoms with Crippen molar-refractivity contribution in [3.63, 3.8) is 0 Å². The molecule has 0 amide bonds. The molecule has 5 rings (SSSR count). The number of phenols is 1. The first kappa shape index (κ1) is 18.1. The lowest BCUT2D eigenvalue weighted by Gasteiger charge is -2.32. The Morgan fingerprint density at radius 3 is 2.79 bits per heavy atom. The number of ether oxygens (including phenoxy) is 1. The van der Waals surface area contributed by atoms with E-state index < -0.39 is 12.3 Å². The molecule has 2 N–H and O–H groups in total. The van der Waals surface area contributed by atoms with E-state index >= 15 is 0 Å². The molecular formula is C21H22FN5O2. The summed E-state index contributed by atoms with van der Waals surface area (Å²) in [6.45, 7) is 0. The number of nitrogens with zero attached hydrogens (tertiary/aromatic N) is 4. The lowest BCUT2D eigenvalue weighted by Crippen LogP contribution is -2.51. The third-order valence-corrected chi connectivity index (χ3v) is 5.76. The van der Waals surface area contributed by atoms with Gasteiger partial charge in [-0.25, -0.2) is 4.39 Å². The molecular weight excluding hydrogens is 373 g/mol. The van der Waals surface area contributed by atoms with E-state index in [1.807, 2.05) is 19.3 Å². The van der Waals surface area contributed by atoms with Crippen LogP contribution in [0.25, 0.3) is 22.4 Å². The Balaban J connectivity index is 1.32. The maximum atomic E-state index is 14.5. The maximum Gasteiger partial charge on any atom is 0.233 e. The highest BCUT2D eigenvalue weighted by Crippen LogP contribution is 2.34. The molecule has 2 fully saturated rings. The second-order valence-corrected chi connectivity index (χ2v) is 7.78. The quantitative estimate of drug-likeness (QED) is 0.707. The highest BCUT2D eigenvalue weighted by Gasteiger charge is 2.43. The van der Waals surface area contributed by atoms with Gasteiger partial charge in [-0.05, 0) is 36.6 Å². The average Bonchev–Trinajstić information content (AvgIpc) is 3.33. The van der Waals surface area contributed by atoms with E-state index in [9.17, 15) is 9.50 Å². The molecule has 0 aliphatic carbocycles. The monoisotopic (exact) mass is 395 g/mol. The van der Waals surface area contributed by atoms with Crippen molar-refractivity contribution < 1.29 is 14.2 Å². The van der Waals surface area contributed by atoms with Crippen molar-refractivity contribution in [2.24, 2.45) is 7.05 Å². The molecule has 2 aromatic heterocycles. The van der Waals surface area contributed by atoms with Crippen LogP contribution in [0, 0.1) is 0 Å². The summed E-state index contributed by atoms with van der Waals surface area (Å²) in [7, 11) is 1.84. The van der Waals surface area contributed by atoms with Crippen LogP contribution in [0.2, 0.25) is 0 Å². The molecule has 8 heteroatoms. The van der Waals surface area contributed by atoms with Gasteiger partial charge < -0.3 is 15.2 Å². The van der Waals surface area contributed by atoms with Crippen LogP contribution in [-0.2, 0) is 7.05 Å². The lowest BCUT2D eigenvalue weighted by atomic mass is 10.0. The summed E-state index contributed by atoms with van der Waals surface area (Å²) >= 11 is 0. The van der Waals surface area contributed by atoms with Crippen molar-refractivity contribution in [3.05, 3.63) is 42.7 Å². The molecule has 4 atom stereocenters. The molecule has 2 bridgehead atoms. The number of piperidine rings is 1. The van der Waals surface area contributed by atoms with Crippen LogP contribution in [-0.4, -0.2) is 49.4 Å². The molecule has 2 saturated heterocycles. The Bertz CT molecular complexity index is 1020. The Morgan fingerprint density at radius 1 is 1.17 bits per heavy atom. The topological polar surface area (TPSA) is 85.1 Å². The molecule has 2 aliphatic rings. The van der Waals surface area contributed by atoms with Gasteiger partial charge in [0, 0.05) is 48.9 Å².